The Morgan fingerprint density at radius 3 is 1.62 bits per heavy atom. The van der Waals surface area contributed by atoms with Crippen LogP contribution < -0.4 is 5.32 Å². The van der Waals surface area contributed by atoms with Crippen molar-refractivity contribution >= 4 is 74.2 Å². The standard InChI is InChI=1S/C23H21BrF6N2O4S.C21H22BrF3N2O3S/c1-20(2,14-6-4-7-15(24)12-14)13-21(34,23(28,29)30)11-5-8-16-17(32-19(33)22(25,26)27)9-10-18(31-16)37(3,35)36;1-19(2,13-5-4-6-14(22)9-13)12-20(28,21(23,24)25)11-15-10-17-16(26-15)7-8-18(27-17)31(3,29)30/h4,6-7,9-10,12,34H,11,13H2,1-3H3,(H,32,33);4-10,26,28H,11-12H2,1-3H3/t21-;20-/m00/s1. The van der Waals surface area contributed by atoms with Gasteiger partial charge in [-0.25, -0.2) is 26.8 Å². The number of nitrogens with one attached hydrogen (secondary N) is 2. The molecule has 1 amide bonds. The molecule has 0 saturated carbocycles. The van der Waals surface area contributed by atoms with Crippen molar-refractivity contribution in [2.24, 2.45) is 0 Å². The average molecular weight is 1130 g/mol. The largest absolute Gasteiger partial charge is 0.471 e. The predicted octanol–water partition coefficient (Wildman–Crippen LogP) is 10.1. The van der Waals surface area contributed by atoms with E-state index in [-0.39, 0.29) is 16.2 Å². The Labute approximate surface area is 402 Å². The van der Waals surface area contributed by atoms with E-state index < -0.39 is 108 Å². The molecule has 3 aromatic heterocycles. The molecule has 0 bridgehead atoms. The van der Waals surface area contributed by atoms with Crippen LogP contribution in [0.2, 0.25) is 0 Å². The number of anilines is 1. The van der Waals surface area contributed by atoms with Crippen LogP contribution in [0, 0.1) is 11.8 Å². The number of halogens is 11. The molecule has 0 radical (unpaired) electrons. The van der Waals surface area contributed by atoms with Gasteiger partial charge in [0.2, 0.25) is 0 Å². The van der Waals surface area contributed by atoms with Crippen LogP contribution in [0.4, 0.5) is 45.2 Å². The minimum atomic E-state index is -5.31. The van der Waals surface area contributed by atoms with Gasteiger partial charge in [0.25, 0.3) is 0 Å². The number of pyridine rings is 2. The van der Waals surface area contributed by atoms with Crippen LogP contribution in [0.1, 0.15) is 69.5 Å². The Bertz CT molecular complexity index is 2970. The minimum absolute atomic E-state index is 0.109. The number of aliphatic hydroxyl groups is 2. The van der Waals surface area contributed by atoms with E-state index in [0.29, 0.717) is 21.1 Å². The zero-order valence-electron chi connectivity index (χ0n) is 36.6. The van der Waals surface area contributed by atoms with Crippen LogP contribution in [0.15, 0.2) is 97.9 Å². The smallest absolute Gasteiger partial charge is 0.380 e. The molecule has 0 aliphatic heterocycles. The van der Waals surface area contributed by atoms with E-state index >= 15 is 0 Å². The maximum absolute atomic E-state index is 14.0. The second kappa shape index (κ2) is 20.1. The van der Waals surface area contributed by atoms with E-state index in [0.717, 1.165) is 29.1 Å². The molecule has 2 aromatic carbocycles. The van der Waals surface area contributed by atoms with Crippen molar-refractivity contribution in [3.8, 4) is 11.8 Å². The molecule has 0 spiro atoms. The van der Waals surface area contributed by atoms with E-state index in [4.69, 9.17) is 0 Å². The number of rotatable bonds is 12. The van der Waals surface area contributed by atoms with E-state index in [9.17, 15) is 71.4 Å². The Hall–Kier alpha value is -4.54. The van der Waals surface area contributed by atoms with E-state index in [1.165, 1.54) is 37.4 Å². The number of nitrogens with zero attached hydrogens (tertiary/aromatic N) is 2. The van der Waals surface area contributed by atoms with Crippen molar-refractivity contribution in [2.45, 2.75) is 104 Å². The second-order valence-electron chi connectivity index (χ2n) is 17.3. The van der Waals surface area contributed by atoms with Gasteiger partial charge in [-0.05, 0) is 95.3 Å². The lowest BCUT2D eigenvalue weighted by molar-refractivity contribution is -0.266. The molecule has 0 aliphatic carbocycles. The lowest BCUT2D eigenvalue weighted by Gasteiger charge is -2.38. The van der Waals surface area contributed by atoms with Crippen molar-refractivity contribution in [1.82, 2.24) is 15.0 Å². The number of hydrogen-bond acceptors (Lipinski definition) is 9. The Morgan fingerprint density at radius 2 is 1.16 bits per heavy atom. The summed E-state index contributed by atoms with van der Waals surface area (Å²) >= 11 is 6.57. The Morgan fingerprint density at radius 1 is 0.691 bits per heavy atom. The maximum atomic E-state index is 14.0. The van der Waals surface area contributed by atoms with Gasteiger partial charge in [0, 0.05) is 40.0 Å². The molecule has 0 fully saturated rings. The zero-order chi connectivity index (χ0) is 51.7. The highest BCUT2D eigenvalue weighted by Gasteiger charge is 2.57. The van der Waals surface area contributed by atoms with Gasteiger partial charge in [-0.1, -0.05) is 89.7 Å². The third kappa shape index (κ3) is 14.3. The molecule has 24 heteroatoms. The molecule has 0 saturated heterocycles. The monoisotopic (exact) mass is 1130 g/mol. The van der Waals surface area contributed by atoms with Crippen molar-refractivity contribution < 1.29 is 71.4 Å². The van der Waals surface area contributed by atoms with Crippen molar-refractivity contribution in [1.29, 1.82) is 0 Å². The summed E-state index contributed by atoms with van der Waals surface area (Å²) in [6.45, 7) is 6.27. The fourth-order valence-electron chi connectivity index (χ4n) is 6.99. The molecule has 11 nitrogen and oxygen atoms in total. The predicted molar refractivity (Wildman–Crippen MR) is 242 cm³/mol. The second-order valence-corrected chi connectivity index (χ2v) is 23.0. The number of alkyl halides is 9. The van der Waals surface area contributed by atoms with Crippen LogP contribution in [0.3, 0.4) is 0 Å². The Kier molecular flexibility index (Phi) is 16.5. The number of benzene rings is 2. The molecule has 3 heterocycles. The number of amides is 1. The first-order valence-electron chi connectivity index (χ1n) is 19.6. The molecule has 0 unspecified atom stereocenters. The fourth-order valence-corrected chi connectivity index (χ4v) is 8.94. The normalized spacial score (nSPS) is 14.8. The number of carbonyl (C=O) groups excluding carboxylic acids is 1. The molecule has 0 aliphatic rings. The van der Waals surface area contributed by atoms with Crippen molar-refractivity contribution in [3.63, 3.8) is 0 Å². The SMILES string of the molecule is CC(C)(C[C@@](O)(CC#Cc1nc(S(C)(=O)=O)ccc1NC(=O)C(F)(F)F)C(F)(F)F)c1cccc(Br)c1.CC(C)(C[C@@](O)(Cc1cc2nc(S(C)(=O)=O)ccc2[nH]1)C(F)(F)F)c1cccc(Br)c1. The summed E-state index contributed by atoms with van der Waals surface area (Å²) in [5.41, 5.74) is -8.10. The summed E-state index contributed by atoms with van der Waals surface area (Å²) in [5, 5.41) is 22.1. The van der Waals surface area contributed by atoms with Crippen LogP contribution in [-0.2, 0) is 41.7 Å². The maximum Gasteiger partial charge on any atom is 0.471 e. The summed E-state index contributed by atoms with van der Waals surface area (Å²) in [5.74, 6) is 1.69. The number of carbonyl (C=O) groups is 1. The van der Waals surface area contributed by atoms with E-state index in [2.05, 4.69) is 52.7 Å². The van der Waals surface area contributed by atoms with E-state index in [1.54, 1.807) is 62.4 Å². The summed E-state index contributed by atoms with van der Waals surface area (Å²) in [4.78, 5) is 21.7. The van der Waals surface area contributed by atoms with Gasteiger partial charge in [-0.3, -0.25) is 4.79 Å². The van der Waals surface area contributed by atoms with Crippen molar-refractivity contribution in [3.05, 3.63) is 110 Å². The summed E-state index contributed by atoms with van der Waals surface area (Å²) in [6, 6.07) is 19.1. The zero-order valence-corrected chi connectivity index (χ0v) is 41.4. The first kappa shape index (κ1) is 56.1. The molecular formula is C44H43Br2F9N4O7S2. The average Bonchev–Trinajstić information content (AvgIpc) is 3.57. The Balaban J connectivity index is 0.000000301. The van der Waals surface area contributed by atoms with Crippen LogP contribution >= 0.6 is 31.9 Å². The lowest BCUT2D eigenvalue weighted by Crippen LogP contribution is -2.50. The van der Waals surface area contributed by atoms with Gasteiger partial charge in [-0.15, -0.1) is 0 Å². The highest BCUT2D eigenvalue weighted by molar-refractivity contribution is 9.10. The van der Waals surface area contributed by atoms with Gasteiger partial charge in [0.1, 0.15) is 5.69 Å². The molecular weight excluding hydrogens is 1090 g/mol. The van der Waals surface area contributed by atoms with Gasteiger partial charge in [0.15, 0.2) is 40.9 Å². The number of sulfone groups is 2. The van der Waals surface area contributed by atoms with Crippen LogP contribution in [0.5, 0.6) is 0 Å². The summed E-state index contributed by atoms with van der Waals surface area (Å²) in [6.07, 6.45) is -17.0. The van der Waals surface area contributed by atoms with Gasteiger partial charge in [0.05, 0.1) is 16.7 Å². The van der Waals surface area contributed by atoms with E-state index in [1.807, 2.05) is 5.92 Å². The number of H-pyrrole nitrogens is 1. The molecule has 5 rings (SSSR count). The molecule has 370 valence electrons. The molecule has 2 atom stereocenters. The number of hydrogen-bond donors (Lipinski definition) is 4. The number of aromatic amines is 1. The quantitative estimate of drug-likeness (QED) is 0.0699. The first-order chi connectivity index (χ1) is 30.8. The topological polar surface area (TPSA) is 179 Å². The van der Waals surface area contributed by atoms with Gasteiger partial charge >= 0.3 is 24.4 Å². The fraction of sp³-hybridized carbons (Fsp3) is 0.386. The number of aromatic nitrogens is 3. The van der Waals surface area contributed by atoms with Gasteiger partial charge in [-0.2, -0.15) is 39.5 Å². The van der Waals surface area contributed by atoms with Crippen LogP contribution in [-0.4, -0.2) is 90.2 Å². The molecule has 68 heavy (non-hydrogen) atoms. The highest BCUT2D eigenvalue weighted by atomic mass is 79.9. The van der Waals surface area contributed by atoms with Crippen LogP contribution in [0.25, 0.3) is 11.0 Å². The third-order valence-electron chi connectivity index (χ3n) is 10.4. The highest BCUT2D eigenvalue weighted by Crippen LogP contribution is 2.45. The first-order valence-corrected chi connectivity index (χ1v) is 25.0. The third-order valence-corrected chi connectivity index (χ3v) is 13.4. The summed E-state index contributed by atoms with van der Waals surface area (Å²) < 4.78 is 170. The minimum Gasteiger partial charge on any atom is -0.380 e. The summed E-state index contributed by atoms with van der Waals surface area (Å²) in [7, 11) is -7.54. The van der Waals surface area contributed by atoms with Crippen molar-refractivity contribution in [2.75, 3.05) is 17.8 Å². The van der Waals surface area contributed by atoms with Gasteiger partial charge < -0.3 is 20.5 Å². The molecule has 4 N–H and O–H groups in total. The molecule has 5 aromatic rings. The lowest BCUT2D eigenvalue weighted by atomic mass is 9.73. The number of fused-ring (bicyclic) bond motifs is 1.